The molecule has 0 fully saturated rings. The second-order valence-corrected chi connectivity index (χ2v) is 4.10. The number of nitrogens with zero attached hydrogens (tertiary/aromatic N) is 3. The van der Waals surface area contributed by atoms with Crippen LogP contribution in [-0.4, -0.2) is 21.6 Å². The topological polar surface area (TPSA) is 86.0 Å². The second kappa shape index (κ2) is 6.65. The molecular formula is C13H17N5O. The summed E-state index contributed by atoms with van der Waals surface area (Å²) in [5.74, 6) is 6.50. The zero-order valence-electron chi connectivity index (χ0n) is 10.8. The number of aryl methyl sites for hydroxylation is 1. The van der Waals surface area contributed by atoms with Gasteiger partial charge in [-0.15, -0.1) is 0 Å². The predicted octanol–water partition coefficient (Wildman–Crippen LogP) is 1.48. The van der Waals surface area contributed by atoms with E-state index < -0.39 is 0 Å². The molecule has 6 nitrogen and oxygen atoms in total. The lowest BCUT2D eigenvalue weighted by molar-refractivity contribution is 0.296. The Morgan fingerprint density at radius 2 is 2.05 bits per heavy atom. The number of anilines is 1. The summed E-state index contributed by atoms with van der Waals surface area (Å²) in [6, 6.07) is 4.01. The molecule has 3 N–H and O–H groups in total. The fourth-order valence-electron chi connectivity index (χ4n) is 1.72. The number of ether oxygens (including phenoxy) is 1. The lowest BCUT2D eigenvalue weighted by Crippen LogP contribution is -2.12. The smallest absolute Gasteiger partial charge is 0.221 e. The molecule has 0 saturated carbocycles. The molecule has 0 radical (unpaired) electrons. The molecule has 0 bridgehead atoms. The van der Waals surface area contributed by atoms with Gasteiger partial charge in [0.2, 0.25) is 5.88 Å². The SMILES string of the molecule is Cc1c(NN)ncnc1OCCCc1ccncc1. The summed E-state index contributed by atoms with van der Waals surface area (Å²) in [5.41, 5.74) is 4.58. The van der Waals surface area contributed by atoms with E-state index in [-0.39, 0.29) is 0 Å². The number of hydrogen-bond donors (Lipinski definition) is 2. The van der Waals surface area contributed by atoms with Gasteiger partial charge in [0.15, 0.2) is 0 Å². The van der Waals surface area contributed by atoms with Crippen LogP contribution in [0.25, 0.3) is 0 Å². The van der Waals surface area contributed by atoms with Gasteiger partial charge in [-0.3, -0.25) is 4.98 Å². The van der Waals surface area contributed by atoms with E-state index in [1.807, 2.05) is 19.1 Å². The molecule has 0 aromatic carbocycles. The van der Waals surface area contributed by atoms with Gasteiger partial charge >= 0.3 is 0 Å². The van der Waals surface area contributed by atoms with E-state index in [0.29, 0.717) is 18.3 Å². The molecule has 0 atom stereocenters. The molecular weight excluding hydrogens is 242 g/mol. The van der Waals surface area contributed by atoms with Crippen molar-refractivity contribution in [1.82, 2.24) is 15.0 Å². The summed E-state index contributed by atoms with van der Waals surface area (Å²) in [4.78, 5) is 12.1. The van der Waals surface area contributed by atoms with Gasteiger partial charge in [-0.25, -0.2) is 15.8 Å². The van der Waals surface area contributed by atoms with Crippen molar-refractivity contribution in [2.45, 2.75) is 19.8 Å². The largest absolute Gasteiger partial charge is 0.477 e. The first-order valence-electron chi connectivity index (χ1n) is 6.11. The average molecular weight is 259 g/mol. The maximum atomic E-state index is 5.64. The van der Waals surface area contributed by atoms with E-state index in [4.69, 9.17) is 10.6 Å². The Hall–Kier alpha value is -2.21. The minimum absolute atomic E-state index is 0.567. The van der Waals surface area contributed by atoms with E-state index in [1.165, 1.54) is 11.9 Å². The van der Waals surface area contributed by atoms with Gasteiger partial charge in [0.1, 0.15) is 12.1 Å². The normalized spacial score (nSPS) is 10.2. The molecule has 100 valence electrons. The first kappa shape index (κ1) is 13.2. The van der Waals surface area contributed by atoms with Crippen molar-refractivity contribution < 1.29 is 4.74 Å². The third kappa shape index (κ3) is 3.62. The van der Waals surface area contributed by atoms with Crippen LogP contribution in [-0.2, 0) is 6.42 Å². The maximum Gasteiger partial charge on any atom is 0.221 e. The zero-order chi connectivity index (χ0) is 13.5. The number of aromatic nitrogens is 3. The van der Waals surface area contributed by atoms with Gasteiger partial charge in [-0.1, -0.05) is 0 Å². The van der Waals surface area contributed by atoms with E-state index in [0.717, 1.165) is 18.4 Å². The van der Waals surface area contributed by atoms with Crippen molar-refractivity contribution in [2.24, 2.45) is 5.84 Å². The summed E-state index contributed by atoms with van der Waals surface area (Å²) < 4.78 is 5.64. The Bertz CT molecular complexity index is 518. The fourth-order valence-corrected chi connectivity index (χ4v) is 1.72. The second-order valence-electron chi connectivity index (χ2n) is 4.10. The van der Waals surface area contributed by atoms with E-state index in [1.54, 1.807) is 12.4 Å². The van der Waals surface area contributed by atoms with Crippen molar-refractivity contribution in [3.63, 3.8) is 0 Å². The molecule has 2 aromatic rings. The molecule has 2 rings (SSSR count). The third-order valence-electron chi connectivity index (χ3n) is 2.77. The van der Waals surface area contributed by atoms with Gasteiger partial charge in [-0.05, 0) is 37.5 Å². The summed E-state index contributed by atoms with van der Waals surface area (Å²) in [6.07, 6.45) is 6.89. The third-order valence-corrected chi connectivity index (χ3v) is 2.77. The quantitative estimate of drug-likeness (QED) is 0.464. The number of pyridine rings is 1. The number of rotatable bonds is 6. The van der Waals surface area contributed by atoms with Crippen molar-refractivity contribution in [2.75, 3.05) is 12.0 Å². The van der Waals surface area contributed by atoms with Crippen LogP contribution in [0.5, 0.6) is 5.88 Å². The predicted molar refractivity (Wildman–Crippen MR) is 72.6 cm³/mol. The van der Waals surface area contributed by atoms with E-state index in [2.05, 4.69) is 20.4 Å². The van der Waals surface area contributed by atoms with Crippen LogP contribution in [0.2, 0.25) is 0 Å². The zero-order valence-corrected chi connectivity index (χ0v) is 10.8. The Labute approximate surface area is 112 Å². The minimum Gasteiger partial charge on any atom is -0.477 e. The van der Waals surface area contributed by atoms with Crippen LogP contribution >= 0.6 is 0 Å². The average Bonchev–Trinajstić information content (AvgIpc) is 2.46. The summed E-state index contributed by atoms with van der Waals surface area (Å²) >= 11 is 0. The number of hydrogen-bond acceptors (Lipinski definition) is 6. The molecule has 0 spiro atoms. The Morgan fingerprint density at radius 1 is 1.26 bits per heavy atom. The highest BCUT2D eigenvalue weighted by Gasteiger charge is 2.06. The van der Waals surface area contributed by atoms with Crippen LogP contribution in [0.15, 0.2) is 30.9 Å². The number of nitrogens with two attached hydrogens (primary N) is 1. The molecule has 6 heteroatoms. The highest BCUT2D eigenvalue weighted by molar-refractivity contribution is 5.46. The molecule has 0 aliphatic carbocycles. The lowest BCUT2D eigenvalue weighted by atomic mass is 10.1. The van der Waals surface area contributed by atoms with Gasteiger partial charge in [0.05, 0.1) is 12.2 Å². The fraction of sp³-hybridized carbons (Fsp3) is 0.308. The van der Waals surface area contributed by atoms with Crippen LogP contribution in [0.1, 0.15) is 17.5 Å². The summed E-state index contributed by atoms with van der Waals surface area (Å²) in [6.45, 7) is 2.47. The van der Waals surface area contributed by atoms with Crippen molar-refractivity contribution in [3.05, 3.63) is 42.0 Å². The minimum atomic E-state index is 0.567. The first-order valence-corrected chi connectivity index (χ1v) is 6.11. The Kier molecular flexibility index (Phi) is 4.63. The molecule has 0 aliphatic rings. The van der Waals surface area contributed by atoms with E-state index in [9.17, 15) is 0 Å². The summed E-state index contributed by atoms with van der Waals surface area (Å²) in [7, 11) is 0. The molecule has 19 heavy (non-hydrogen) atoms. The van der Waals surface area contributed by atoms with Gasteiger partial charge < -0.3 is 10.2 Å². The van der Waals surface area contributed by atoms with Gasteiger partial charge in [0, 0.05) is 12.4 Å². The molecule has 0 amide bonds. The summed E-state index contributed by atoms with van der Waals surface area (Å²) in [5, 5.41) is 0. The highest BCUT2D eigenvalue weighted by Crippen LogP contribution is 2.19. The van der Waals surface area contributed by atoms with Crippen LogP contribution in [0.3, 0.4) is 0 Å². The standard InChI is InChI=1S/C13H17N5O/c1-10-12(18-14)16-9-17-13(10)19-8-2-3-11-4-6-15-7-5-11/h4-7,9H,2-3,8,14H2,1H3,(H,16,17,18). The molecule has 0 saturated heterocycles. The number of nitrogens with one attached hydrogen (secondary N) is 1. The van der Waals surface area contributed by atoms with Crippen molar-refractivity contribution >= 4 is 5.82 Å². The van der Waals surface area contributed by atoms with Gasteiger partial charge in [0.25, 0.3) is 0 Å². The molecule has 0 unspecified atom stereocenters. The Morgan fingerprint density at radius 3 is 2.79 bits per heavy atom. The Balaban J connectivity index is 1.83. The van der Waals surface area contributed by atoms with Crippen molar-refractivity contribution in [3.8, 4) is 5.88 Å². The highest BCUT2D eigenvalue weighted by atomic mass is 16.5. The van der Waals surface area contributed by atoms with E-state index >= 15 is 0 Å². The molecule has 0 aliphatic heterocycles. The van der Waals surface area contributed by atoms with Crippen molar-refractivity contribution in [1.29, 1.82) is 0 Å². The molecule has 2 aromatic heterocycles. The number of hydrazine groups is 1. The first-order chi connectivity index (χ1) is 9.31. The number of nitrogen functional groups attached to an aromatic ring is 1. The van der Waals surface area contributed by atoms with Crippen LogP contribution in [0.4, 0.5) is 5.82 Å². The lowest BCUT2D eigenvalue weighted by Gasteiger charge is -2.10. The maximum absolute atomic E-state index is 5.64. The van der Waals surface area contributed by atoms with Crippen LogP contribution in [0, 0.1) is 6.92 Å². The monoisotopic (exact) mass is 259 g/mol. The van der Waals surface area contributed by atoms with Crippen LogP contribution < -0.4 is 16.0 Å². The molecule has 2 heterocycles. The van der Waals surface area contributed by atoms with Gasteiger partial charge in [-0.2, -0.15) is 0 Å².